The van der Waals surface area contributed by atoms with Gasteiger partial charge >= 0.3 is 0 Å². The molecule has 156 valence electrons. The molecule has 0 radical (unpaired) electrons. The summed E-state index contributed by atoms with van der Waals surface area (Å²) in [6, 6.07) is 14.2. The first-order valence-electron chi connectivity index (χ1n) is 9.92. The molecule has 0 spiro atoms. The lowest BCUT2D eigenvalue weighted by atomic mass is 10.1. The summed E-state index contributed by atoms with van der Waals surface area (Å²) in [5.74, 6) is 0.241. The average Bonchev–Trinajstić information content (AvgIpc) is 2.72. The minimum absolute atomic E-state index is 0.134. The lowest BCUT2D eigenvalue weighted by Gasteiger charge is -2.29. The van der Waals surface area contributed by atoms with Crippen molar-refractivity contribution in [2.75, 3.05) is 13.2 Å². The number of nitrogens with zero attached hydrogens (tertiary/aromatic N) is 1. The van der Waals surface area contributed by atoms with Crippen LogP contribution >= 0.6 is 11.6 Å². The monoisotopic (exact) mass is 416 g/mol. The van der Waals surface area contributed by atoms with Crippen molar-refractivity contribution < 1.29 is 14.3 Å². The molecule has 0 aliphatic rings. The van der Waals surface area contributed by atoms with Crippen LogP contribution in [-0.4, -0.2) is 35.9 Å². The molecule has 2 aromatic rings. The number of benzene rings is 2. The van der Waals surface area contributed by atoms with E-state index < -0.39 is 6.04 Å². The third-order valence-corrected chi connectivity index (χ3v) is 4.96. The third kappa shape index (κ3) is 7.09. The molecule has 2 rings (SSSR count). The Kier molecular flexibility index (Phi) is 9.00. The third-order valence-electron chi connectivity index (χ3n) is 4.71. The molecule has 0 bridgehead atoms. The molecule has 2 amide bonds. The predicted octanol–water partition coefficient (Wildman–Crippen LogP) is 4.36. The first-order valence-corrected chi connectivity index (χ1v) is 10.3. The molecule has 5 nitrogen and oxygen atoms in total. The molecule has 0 aliphatic heterocycles. The molecule has 29 heavy (non-hydrogen) atoms. The minimum atomic E-state index is -0.615. The van der Waals surface area contributed by atoms with E-state index in [4.69, 9.17) is 16.3 Å². The molecular formula is C23H29ClN2O3. The van der Waals surface area contributed by atoms with Crippen LogP contribution in [0.1, 0.15) is 37.8 Å². The molecule has 2 aromatic carbocycles. The van der Waals surface area contributed by atoms with Crippen molar-refractivity contribution in [1.29, 1.82) is 0 Å². The molecule has 1 N–H and O–H groups in total. The summed E-state index contributed by atoms with van der Waals surface area (Å²) in [7, 11) is 0. The molecule has 0 saturated carbocycles. The Morgan fingerprint density at radius 3 is 2.48 bits per heavy atom. The molecular weight excluding hydrogens is 388 g/mol. The van der Waals surface area contributed by atoms with Crippen molar-refractivity contribution in [2.45, 2.75) is 46.2 Å². The summed E-state index contributed by atoms with van der Waals surface area (Å²) in [4.78, 5) is 27.1. The summed E-state index contributed by atoms with van der Waals surface area (Å²) in [5.41, 5.74) is 1.85. The van der Waals surface area contributed by atoms with Crippen LogP contribution in [0.25, 0.3) is 0 Å². The first kappa shape index (κ1) is 22.8. The fourth-order valence-corrected chi connectivity index (χ4v) is 2.97. The maximum absolute atomic E-state index is 13.0. The molecule has 0 heterocycles. The van der Waals surface area contributed by atoms with Gasteiger partial charge in [0.2, 0.25) is 5.91 Å². The number of carbonyl (C=O) groups excluding carboxylic acids is 2. The lowest BCUT2D eigenvalue weighted by Crippen LogP contribution is -2.49. The van der Waals surface area contributed by atoms with Crippen molar-refractivity contribution in [3.8, 4) is 5.75 Å². The number of rotatable bonds is 10. The number of aryl methyl sites for hydroxylation is 1. The summed E-state index contributed by atoms with van der Waals surface area (Å²) in [6.07, 6.45) is 1.90. The van der Waals surface area contributed by atoms with Gasteiger partial charge in [-0.25, -0.2) is 0 Å². The van der Waals surface area contributed by atoms with Gasteiger partial charge in [-0.05, 0) is 49.6 Å². The van der Waals surface area contributed by atoms with Gasteiger partial charge in [0.1, 0.15) is 11.8 Å². The Balaban J connectivity index is 2.11. The van der Waals surface area contributed by atoms with Crippen molar-refractivity contribution in [3.05, 3.63) is 64.7 Å². The van der Waals surface area contributed by atoms with Crippen LogP contribution in [0.4, 0.5) is 0 Å². The summed E-state index contributed by atoms with van der Waals surface area (Å²) in [6.45, 7) is 6.50. The van der Waals surface area contributed by atoms with E-state index in [1.54, 1.807) is 24.0 Å². The normalized spacial score (nSPS) is 11.6. The van der Waals surface area contributed by atoms with E-state index in [9.17, 15) is 9.59 Å². The van der Waals surface area contributed by atoms with E-state index in [2.05, 4.69) is 12.2 Å². The highest BCUT2D eigenvalue weighted by molar-refractivity contribution is 6.30. The Morgan fingerprint density at radius 2 is 1.83 bits per heavy atom. The van der Waals surface area contributed by atoms with Gasteiger partial charge in [-0.3, -0.25) is 9.59 Å². The number of nitrogens with one attached hydrogen (secondary N) is 1. The summed E-state index contributed by atoms with van der Waals surface area (Å²) >= 11 is 5.96. The zero-order valence-corrected chi connectivity index (χ0v) is 18.0. The van der Waals surface area contributed by atoms with E-state index in [-0.39, 0.29) is 18.4 Å². The first-order chi connectivity index (χ1) is 13.9. The second-order valence-corrected chi connectivity index (χ2v) is 7.46. The molecule has 0 aromatic heterocycles. The standard InChI is InChI=1S/C23H29ClN2O3/c1-4-5-14-25-23(28)18(3)26(15-19-10-12-20(24)13-11-19)22(27)16-29-21-9-7-6-8-17(21)2/h6-13,18H,4-5,14-16H2,1-3H3,(H,25,28)/t18-/m1/s1. The molecule has 0 saturated heterocycles. The smallest absolute Gasteiger partial charge is 0.261 e. The largest absolute Gasteiger partial charge is 0.484 e. The topological polar surface area (TPSA) is 58.6 Å². The highest BCUT2D eigenvalue weighted by Crippen LogP contribution is 2.17. The quantitative estimate of drug-likeness (QED) is 0.585. The fourth-order valence-electron chi connectivity index (χ4n) is 2.85. The number of halogens is 1. The van der Waals surface area contributed by atoms with Gasteiger partial charge in [0.25, 0.3) is 5.91 Å². The second-order valence-electron chi connectivity index (χ2n) is 7.02. The van der Waals surface area contributed by atoms with Gasteiger partial charge in [0.05, 0.1) is 0 Å². The van der Waals surface area contributed by atoms with E-state index in [0.717, 1.165) is 24.0 Å². The Hall–Kier alpha value is -2.53. The van der Waals surface area contributed by atoms with Crippen LogP contribution in [0.3, 0.4) is 0 Å². The van der Waals surface area contributed by atoms with Gasteiger partial charge < -0.3 is 15.0 Å². The number of hydrogen-bond donors (Lipinski definition) is 1. The predicted molar refractivity (Wildman–Crippen MR) is 116 cm³/mol. The van der Waals surface area contributed by atoms with E-state index in [1.165, 1.54) is 0 Å². The van der Waals surface area contributed by atoms with E-state index >= 15 is 0 Å². The maximum atomic E-state index is 13.0. The van der Waals surface area contributed by atoms with Gasteiger partial charge in [0.15, 0.2) is 6.61 Å². The fraction of sp³-hybridized carbons (Fsp3) is 0.391. The van der Waals surface area contributed by atoms with Crippen LogP contribution in [-0.2, 0) is 16.1 Å². The minimum Gasteiger partial charge on any atom is -0.484 e. The Bertz CT molecular complexity index is 808. The molecule has 1 atom stereocenters. The molecule has 0 unspecified atom stereocenters. The van der Waals surface area contributed by atoms with Gasteiger partial charge in [-0.15, -0.1) is 0 Å². The molecule has 0 aliphatic carbocycles. The zero-order valence-electron chi connectivity index (χ0n) is 17.3. The number of ether oxygens (including phenoxy) is 1. The summed E-state index contributed by atoms with van der Waals surface area (Å²) in [5, 5.41) is 3.53. The maximum Gasteiger partial charge on any atom is 0.261 e. The van der Waals surface area contributed by atoms with Crippen LogP contribution in [0.2, 0.25) is 5.02 Å². The Labute approximate surface area is 178 Å². The van der Waals surface area contributed by atoms with E-state index in [0.29, 0.717) is 23.9 Å². The zero-order chi connectivity index (χ0) is 21.2. The van der Waals surface area contributed by atoms with Crippen LogP contribution < -0.4 is 10.1 Å². The second kappa shape index (κ2) is 11.5. The number of amides is 2. The lowest BCUT2D eigenvalue weighted by molar-refractivity contribution is -0.142. The summed E-state index contributed by atoms with van der Waals surface area (Å²) < 4.78 is 5.72. The average molecular weight is 417 g/mol. The highest BCUT2D eigenvalue weighted by atomic mass is 35.5. The SMILES string of the molecule is CCCCNC(=O)[C@@H](C)N(Cc1ccc(Cl)cc1)C(=O)COc1ccccc1C. The van der Waals surface area contributed by atoms with Crippen LogP contribution in [0, 0.1) is 6.92 Å². The molecule has 6 heteroatoms. The molecule has 0 fully saturated rings. The van der Waals surface area contributed by atoms with E-state index in [1.807, 2.05) is 43.3 Å². The van der Waals surface area contributed by atoms with Gasteiger partial charge in [-0.1, -0.05) is 55.3 Å². The number of hydrogen-bond acceptors (Lipinski definition) is 3. The Morgan fingerprint density at radius 1 is 1.14 bits per heavy atom. The van der Waals surface area contributed by atoms with Crippen molar-refractivity contribution >= 4 is 23.4 Å². The number of carbonyl (C=O) groups is 2. The van der Waals surface area contributed by atoms with Gasteiger partial charge in [0, 0.05) is 18.1 Å². The van der Waals surface area contributed by atoms with Crippen molar-refractivity contribution in [2.24, 2.45) is 0 Å². The van der Waals surface area contributed by atoms with Crippen LogP contribution in [0.15, 0.2) is 48.5 Å². The highest BCUT2D eigenvalue weighted by Gasteiger charge is 2.26. The van der Waals surface area contributed by atoms with Gasteiger partial charge in [-0.2, -0.15) is 0 Å². The number of unbranched alkanes of at least 4 members (excludes halogenated alkanes) is 1. The van der Waals surface area contributed by atoms with Crippen molar-refractivity contribution in [3.63, 3.8) is 0 Å². The van der Waals surface area contributed by atoms with Crippen molar-refractivity contribution in [1.82, 2.24) is 10.2 Å². The number of para-hydroxylation sites is 1. The van der Waals surface area contributed by atoms with Crippen LogP contribution in [0.5, 0.6) is 5.75 Å².